The Morgan fingerprint density at radius 2 is 1.91 bits per heavy atom. The number of halogens is 1. The Balaban J connectivity index is 1.68. The zero-order valence-corrected chi connectivity index (χ0v) is 21.5. The summed E-state index contributed by atoms with van der Waals surface area (Å²) in [5, 5.41) is 0.975. The predicted molar refractivity (Wildman–Crippen MR) is 137 cm³/mol. The van der Waals surface area contributed by atoms with Crippen LogP contribution in [-0.4, -0.2) is 17.5 Å². The highest BCUT2D eigenvalue weighted by Crippen LogP contribution is 2.43. The fourth-order valence-corrected chi connectivity index (χ4v) is 5.39. The second kappa shape index (κ2) is 9.00. The number of aromatic nitrogens is 1. The number of unbranched alkanes of at least 4 members (excludes halogenated alkanes) is 1. The highest BCUT2D eigenvalue weighted by molar-refractivity contribution is 9.10. The van der Waals surface area contributed by atoms with Crippen molar-refractivity contribution in [1.82, 2.24) is 4.98 Å². The Labute approximate surface area is 209 Å². The SMILES string of the molecule is CCCCOc1ccc(C2c3c(oc4ccc(Br)cc4c3=O)C(=O)N2c2nc(C)c(C)s2)cc1. The zero-order chi connectivity index (χ0) is 24.0. The number of hydrogen-bond donors (Lipinski definition) is 0. The summed E-state index contributed by atoms with van der Waals surface area (Å²) in [5.41, 5.74) is 2.15. The van der Waals surface area contributed by atoms with Gasteiger partial charge in [-0.25, -0.2) is 4.98 Å². The average molecular weight is 539 g/mol. The zero-order valence-electron chi connectivity index (χ0n) is 19.1. The van der Waals surface area contributed by atoms with E-state index >= 15 is 0 Å². The van der Waals surface area contributed by atoms with Gasteiger partial charge in [0.25, 0.3) is 5.91 Å². The van der Waals surface area contributed by atoms with Gasteiger partial charge in [-0.05, 0) is 56.2 Å². The van der Waals surface area contributed by atoms with E-state index in [0.29, 0.717) is 28.3 Å². The molecule has 5 rings (SSSR count). The van der Waals surface area contributed by atoms with Crippen LogP contribution in [0.15, 0.2) is 56.1 Å². The Bertz CT molecular complexity index is 1440. The third-order valence-electron chi connectivity index (χ3n) is 6.02. The number of fused-ring (bicyclic) bond motifs is 2. The summed E-state index contributed by atoms with van der Waals surface area (Å²) >= 11 is 4.86. The van der Waals surface area contributed by atoms with E-state index in [4.69, 9.17) is 9.15 Å². The van der Waals surface area contributed by atoms with Gasteiger partial charge in [0.2, 0.25) is 5.76 Å². The van der Waals surface area contributed by atoms with Crippen molar-refractivity contribution in [2.24, 2.45) is 0 Å². The molecule has 0 N–H and O–H groups in total. The van der Waals surface area contributed by atoms with Crippen molar-refractivity contribution in [2.75, 3.05) is 11.5 Å². The van der Waals surface area contributed by atoms with Crippen molar-refractivity contribution < 1.29 is 13.9 Å². The maximum Gasteiger partial charge on any atom is 0.297 e. The van der Waals surface area contributed by atoms with Crippen LogP contribution in [0, 0.1) is 13.8 Å². The molecule has 2 aromatic heterocycles. The second-order valence-corrected chi connectivity index (χ2v) is 10.4. The molecular formula is C26H23BrN2O4S. The lowest BCUT2D eigenvalue weighted by molar-refractivity contribution is 0.0971. The van der Waals surface area contributed by atoms with Gasteiger partial charge in [0.1, 0.15) is 11.3 Å². The summed E-state index contributed by atoms with van der Waals surface area (Å²) in [6.45, 7) is 6.65. The van der Waals surface area contributed by atoms with Gasteiger partial charge in [-0.15, -0.1) is 11.3 Å². The van der Waals surface area contributed by atoms with Crippen LogP contribution in [0.5, 0.6) is 5.75 Å². The number of anilines is 1. The summed E-state index contributed by atoms with van der Waals surface area (Å²) < 4.78 is 12.6. The molecule has 174 valence electrons. The highest BCUT2D eigenvalue weighted by Gasteiger charge is 2.45. The van der Waals surface area contributed by atoms with E-state index in [0.717, 1.165) is 39.2 Å². The molecule has 3 heterocycles. The van der Waals surface area contributed by atoms with Gasteiger partial charge in [-0.3, -0.25) is 14.5 Å². The van der Waals surface area contributed by atoms with Crippen LogP contribution in [0.1, 0.15) is 58.1 Å². The van der Waals surface area contributed by atoms with E-state index in [2.05, 4.69) is 27.8 Å². The number of carbonyl (C=O) groups is 1. The fourth-order valence-electron chi connectivity index (χ4n) is 4.10. The number of benzene rings is 2. The van der Waals surface area contributed by atoms with E-state index in [-0.39, 0.29) is 17.1 Å². The third kappa shape index (κ3) is 3.84. The van der Waals surface area contributed by atoms with Crippen molar-refractivity contribution in [3.8, 4) is 5.75 Å². The molecule has 4 aromatic rings. The molecule has 2 aromatic carbocycles. The van der Waals surface area contributed by atoms with E-state index < -0.39 is 6.04 Å². The monoisotopic (exact) mass is 538 g/mol. The second-order valence-electron chi connectivity index (χ2n) is 8.30. The van der Waals surface area contributed by atoms with Gasteiger partial charge in [0.15, 0.2) is 10.6 Å². The van der Waals surface area contributed by atoms with Crippen LogP contribution >= 0.6 is 27.3 Å². The molecule has 0 saturated carbocycles. The van der Waals surface area contributed by atoms with Gasteiger partial charge < -0.3 is 9.15 Å². The maximum atomic E-state index is 13.7. The topological polar surface area (TPSA) is 72.6 Å². The molecule has 1 aliphatic rings. The quantitative estimate of drug-likeness (QED) is 0.260. The van der Waals surface area contributed by atoms with Crippen LogP contribution in [0.3, 0.4) is 0 Å². The van der Waals surface area contributed by atoms with Gasteiger partial charge in [0.05, 0.1) is 29.3 Å². The Kier molecular flexibility index (Phi) is 6.04. The number of hydrogen-bond acceptors (Lipinski definition) is 6. The first-order valence-electron chi connectivity index (χ1n) is 11.2. The molecule has 8 heteroatoms. The van der Waals surface area contributed by atoms with E-state index in [1.165, 1.54) is 11.3 Å². The molecule has 0 radical (unpaired) electrons. The van der Waals surface area contributed by atoms with Crippen LogP contribution in [-0.2, 0) is 0 Å². The van der Waals surface area contributed by atoms with Gasteiger partial charge in [-0.2, -0.15) is 0 Å². The lowest BCUT2D eigenvalue weighted by Crippen LogP contribution is -2.29. The molecule has 1 amide bonds. The molecule has 1 aliphatic heterocycles. The summed E-state index contributed by atoms with van der Waals surface area (Å²) in [6, 6.07) is 12.1. The Hall–Kier alpha value is -2.97. The molecule has 0 aliphatic carbocycles. The molecule has 1 unspecified atom stereocenters. The molecule has 0 saturated heterocycles. The summed E-state index contributed by atoms with van der Waals surface area (Å²) in [7, 11) is 0. The lowest BCUT2D eigenvalue weighted by Gasteiger charge is -2.22. The Morgan fingerprint density at radius 3 is 2.59 bits per heavy atom. The Morgan fingerprint density at radius 1 is 1.15 bits per heavy atom. The van der Waals surface area contributed by atoms with E-state index in [1.54, 1.807) is 23.1 Å². The largest absolute Gasteiger partial charge is 0.494 e. The first-order valence-corrected chi connectivity index (χ1v) is 12.8. The van der Waals surface area contributed by atoms with Crippen molar-refractivity contribution in [1.29, 1.82) is 0 Å². The number of amides is 1. The molecular weight excluding hydrogens is 516 g/mol. The number of ether oxygens (including phenoxy) is 1. The lowest BCUT2D eigenvalue weighted by atomic mass is 9.98. The van der Waals surface area contributed by atoms with Crippen LogP contribution in [0.2, 0.25) is 0 Å². The van der Waals surface area contributed by atoms with Crippen molar-refractivity contribution in [3.63, 3.8) is 0 Å². The van der Waals surface area contributed by atoms with Crippen LogP contribution in [0.4, 0.5) is 5.13 Å². The highest BCUT2D eigenvalue weighted by atomic mass is 79.9. The maximum absolute atomic E-state index is 13.7. The minimum Gasteiger partial charge on any atom is -0.494 e. The van der Waals surface area contributed by atoms with Crippen LogP contribution < -0.4 is 15.1 Å². The molecule has 6 nitrogen and oxygen atoms in total. The first kappa shape index (κ1) is 22.8. The average Bonchev–Trinajstić information content (AvgIpc) is 3.31. The molecule has 0 spiro atoms. The van der Waals surface area contributed by atoms with E-state index in [9.17, 15) is 9.59 Å². The molecule has 0 fully saturated rings. The number of carbonyl (C=O) groups excluding carboxylic acids is 1. The third-order valence-corrected chi connectivity index (χ3v) is 7.58. The fraction of sp³-hybridized carbons (Fsp3) is 0.269. The smallest absolute Gasteiger partial charge is 0.297 e. The number of aryl methyl sites for hydroxylation is 2. The van der Waals surface area contributed by atoms with Crippen molar-refractivity contribution in [2.45, 2.75) is 39.7 Å². The molecule has 1 atom stereocenters. The summed E-state index contributed by atoms with van der Waals surface area (Å²) in [5.74, 6) is 0.459. The normalized spacial score (nSPS) is 15.2. The van der Waals surface area contributed by atoms with E-state index in [1.807, 2.05) is 38.1 Å². The van der Waals surface area contributed by atoms with Gasteiger partial charge in [-0.1, -0.05) is 41.4 Å². The van der Waals surface area contributed by atoms with Gasteiger partial charge >= 0.3 is 0 Å². The summed E-state index contributed by atoms with van der Waals surface area (Å²) in [6.07, 6.45) is 2.03. The summed E-state index contributed by atoms with van der Waals surface area (Å²) in [4.78, 5) is 34.6. The first-order chi connectivity index (χ1) is 16.4. The number of nitrogens with zero attached hydrogens (tertiary/aromatic N) is 2. The standard InChI is InChI=1S/C26H23BrN2O4S/c1-4-5-12-32-18-9-6-16(7-10-18)22-21-23(30)19-13-17(27)8-11-20(19)33-24(21)25(31)29(22)26-28-14(2)15(3)34-26/h6-11,13,22H,4-5,12H2,1-3H3. The minimum atomic E-state index is -0.642. The van der Waals surface area contributed by atoms with Crippen LogP contribution in [0.25, 0.3) is 11.0 Å². The molecule has 34 heavy (non-hydrogen) atoms. The number of thiazole rings is 1. The minimum absolute atomic E-state index is 0.0681. The molecule has 0 bridgehead atoms. The van der Waals surface area contributed by atoms with Gasteiger partial charge in [0, 0.05) is 9.35 Å². The van der Waals surface area contributed by atoms with Crippen molar-refractivity contribution >= 4 is 49.3 Å². The predicted octanol–water partition coefficient (Wildman–Crippen LogP) is 6.56. The van der Waals surface area contributed by atoms with Crippen molar-refractivity contribution in [3.05, 3.63) is 84.6 Å². The number of rotatable bonds is 6.